The Morgan fingerprint density at radius 2 is 2.25 bits per heavy atom. The Bertz CT molecular complexity index is 341. The number of aliphatic hydroxyl groups is 1. The maximum atomic E-state index is 11.2. The van der Waals surface area contributed by atoms with Crippen LogP contribution in [0, 0.1) is 11.8 Å². The number of carbonyl (C=O) groups excluding carboxylic acids is 1. The van der Waals surface area contributed by atoms with Crippen LogP contribution in [-0.4, -0.2) is 29.2 Å². The molecule has 3 nitrogen and oxygen atoms in total. The molecule has 1 saturated carbocycles. The third-order valence-electron chi connectivity index (χ3n) is 3.90. The molecule has 0 aliphatic heterocycles. The predicted molar refractivity (Wildman–Crippen MR) is 81.7 cm³/mol. The zero-order chi connectivity index (χ0) is 15.0. The second kappa shape index (κ2) is 9.19. The van der Waals surface area contributed by atoms with Gasteiger partial charge in [0.2, 0.25) is 0 Å². The van der Waals surface area contributed by atoms with Crippen molar-refractivity contribution in [2.45, 2.75) is 50.5 Å². The highest BCUT2D eigenvalue weighted by molar-refractivity contribution is 6.21. The molecule has 1 rings (SSSR count). The zero-order valence-corrected chi connectivity index (χ0v) is 12.9. The maximum Gasteiger partial charge on any atom is 0.306 e. The number of aliphatic hydroxyl groups excluding tert-OH is 1. The van der Waals surface area contributed by atoms with Crippen molar-refractivity contribution in [3.05, 3.63) is 24.8 Å². The summed E-state index contributed by atoms with van der Waals surface area (Å²) in [6.45, 7) is 5.83. The second-order valence-corrected chi connectivity index (χ2v) is 5.97. The van der Waals surface area contributed by atoms with Crippen LogP contribution in [0.4, 0.5) is 0 Å². The highest BCUT2D eigenvalue weighted by atomic mass is 35.5. The van der Waals surface area contributed by atoms with Crippen molar-refractivity contribution < 1.29 is 14.6 Å². The second-order valence-electron chi connectivity index (χ2n) is 5.41. The van der Waals surface area contributed by atoms with E-state index >= 15 is 0 Å². The van der Waals surface area contributed by atoms with Gasteiger partial charge in [0, 0.05) is 11.8 Å². The van der Waals surface area contributed by atoms with E-state index in [2.05, 4.69) is 25.7 Å². The van der Waals surface area contributed by atoms with E-state index in [1.807, 2.05) is 0 Å². The fourth-order valence-electron chi connectivity index (χ4n) is 2.56. The summed E-state index contributed by atoms with van der Waals surface area (Å²) in [5.74, 6) is 0.433. The Labute approximate surface area is 126 Å². The standard InChI is InChI=1S/C16H25ClO3/c1-3-10-20-16(19)9-7-5-4-6-8-13-12(2)15(18)11-14(13)17/h3-4,6,12-15,18H,1,5,7-11H2,2H3/b6-4-/t12-,13-,14-,15-/m1/s1. The van der Waals surface area contributed by atoms with Gasteiger partial charge < -0.3 is 9.84 Å². The molecule has 1 N–H and O–H groups in total. The van der Waals surface area contributed by atoms with Crippen LogP contribution in [0.3, 0.4) is 0 Å². The number of rotatable bonds is 8. The van der Waals surface area contributed by atoms with E-state index in [-0.39, 0.29) is 30.0 Å². The number of unbranched alkanes of at least 4 members (excludes halogenated alkanes) is 1. The lowest BCUT2D eigenvalue weighted by molar-refractivity contribution is -0.142. The van der Waals surface area contributed by atoms with Gasteiger partial charge in [-0.1, -0.05) is 31.7 Å². The molecule has 0 aromatic carbocycles. The summed E-state index contributed by atoms with van der Waals surface area (Å²) in [7, 11) is 0. The van der Waals surface area contributed by atoms with Crippen LogP contribution in [0.15, 0.2) is 24.8 Å². The molecule has 1 fully saturated rings. The summed E-state index contributed by atoms with van der Waals surface area (Å²) in [4.78, 5) is 11.2. The Balaban J connectivity index is 2.13. The third-order valence-corrected chi connectivity index (χ3v) is 4.40. The first-order valence-electron chi connectivity index (χ1n) is 7.30. The van der Waals surface area contributed by atoms with Gasteiger partial charge in [0.05, 0.1) is 6.10 Å². The Kier molecular flexibility index (Phi) is 7.93. The third kappa shape index (κ3) is 5.68. The molecule has 0 saturated heterocycles. The zero-order valence-electron chi connectivity index (χ0n) is 12.1. The van der Waals surface area contributed by atoms with Gasteiger partial charge in [0.25, 0.3) is 0 Å². The Morgan fingerprint density at radius 1 is 1.50 bits per heavy atom. The molecule has 0 aromatic heterocycles. The van der Waals surface area contributed by atoms with Crippen molar-refractivity contribution in [2.75, 3.05) is 6.61 Å². The average Bonchev–Trinajstić information content (AvgIpc) is 2.66. The molecule has 4 atom stereocenters. The number of halogens is 1. The number of esters is 1. The van der Waals surface area contributed by atoms with Crippen molar-refractivity contribution in [3.8, 4) is 0 Å². The van der Waals surface area contributed by atoms with E-state index in [0.717, 1.165) is 19.3 Å². The number of alkyl halides is 1. The van der Waals surface area contributed by atoms with E-state index in [9.17, 15) is 9.90 Å². The van der Waals surface area contributed by atoms with E-state index in [1.165, 1.54) is 0 Å². The number of ether oxygens (including phenoxy) is 1. The monoisotopic (exact) mass is 300 g/mol. The van der Waals surface area contributed by atoms with Gasteiger partial charge in [0.15, 0.2) is 0 Å². The van der Waals surface area contributed by atoms with Crippen LogP contribution in [0.1, 0.15) is 39.0 Å². The summed E-state index contributed by atoms with van der Waals surface area (Å²) >= 11 is 6.23. The Hall–Kier alpha value is -0.800. The van der Waals surface area contributed by atoms with Gasteiger partial charge in [-0.2, -0.15) is 0 Å². The van der Waals surface area contributed by atoms with Crippen LogP contribution >= 0.6 is 11.6 Å². The summed E-state index contributed by atoms with van der Waals surface area (Å²) in [6.07, 6.45) is 9.18. The van der Waals surface area contributed by atoms with Crippen LogP contribution in [0.5, 0.6) is 0 Å². The molecule has 1 aliphatic rings. The quantitative estimate of drug-likeness (QED) is 0.323. The summed E-state index contributed by atoms with van der Waals surface area (Å²) in [5.41, 5.74) is 0. The molecular formula is C16H25ClO3. The maximum absolute atomic E-state index is 11.2. The van der Waals surface area contributed by atoms with Crippen molar-refractivity contribution >= 4 is 17.6 Å². The lowest BCUT2D eigenvalue weighted by Gasteiger charge is -2.17. The van der Waals surface area contributed by atoms with E-state index < -0.39 is 0 Å². The van der Waals surface area contributed by atoms with Gasteiger partial charge in [-0.15, -0.1) is 11.6 Å². The molecule has 0 aromatic rings. The smallest absolute Gasteiger partial charge is 0.306 e. The number of hydrogen-bond donors (Lipinski definition) is 1. The molecule has 0 unspecified atom stereocenters. The summed E-state index contributed by atoms with van der Waals surface area (Å²) in [5, 5.41) is 9.81. The number of carbonyl (C=O) groups is 1. The molecule has 20 heavy (non-hydrogen) atoms. The molecule has 114 valence electrons. The minimum atomic E-state index is -0.268. The minimum absolute atomic E-state index is 0.0681. The van der Waals surface area contributed by atoms with Gasteiger partial charge in [-0.25, -0.2) is 0 Å². The average molecular weight is 301 g/mol. The van der Waals surface area contributed by atoms with Crippen molar-refractivity contribution in [1.29, 1.82) is 0 Å². The fraction of sp³-hybridized carbons (Fsp3) is 0.688. The van der Waals surface area contributed by atoms with Gasteiger partial charge >= 0.3 is 5.97 Å². The highest BCUT2D eigenvalue weighted by Crippen LogP contribution is 2.38. The van der Waals surface area contributed by atoms with E-state index in [4.69, 9.17) is 16.3 Å². The first-order chi connectivity index (χ1) is 9.56. The first-order valence-corrected chi connectivity index (χ1v) is 7.73. The van der Waals surface area contributed by atoms with Crippen LogP contribution < -0.4 is 0 Å². The molecule has 0 bridgehead atoms. The highest BCUT2D eigenvalue weighted by Gasteiger charge is 2.37. The normalized spacial score (nSPS) is 29.8. The fourth-order valence-corrected chi connectivity index (χ4v) is 3.07. The van der Waals surface area contributed by atoms with Crippen LogP contribution in [0.25, 0.3) is 0 Å². The molecule has 0 radical (unpaired) electrons. The SMILES string of the molecule is C=CCOC(=O)CCC/C=C\C[C@@H]1[C@@H](C)[C@H](O)C[C@H]1Cl. The van der Waals surface area contributed by atoms with E-state index in [0.29, 0.717) is 18.8 Å². The van der Waals surface area contributed by atoms with Crippen molar-refractivity contribution in [3.63, 3.8) is 0 Å². The Morgan fingerprint density at radius 3 is 2.85 bits per heavy atom. The first kappa shape index (κ1) is 17.3. The molecule has 4 heteroatoms. The van der Waals surface area contributed by atoms with Crippen molar-refractivity contribution in [1.82, 2.24) is 0 Å². The van der Waals surface area contributed by atoms with Crippen LogP contribution in [0.2, 0.25) is 0 Å². The molecule has 0 spiro atoms. The van der Waals surface area contributed by atoms with Crippen molar-refractivity contribution in [2.24, 2.45) is 11.8 Å². The van der Waals surface area contributed by atoms with Gasteiger partial charge in [-0.05, 0) is 37.5 Å². The van der Waals surface area contributed by atoms with Gasteiger partial charge in [0.1, 0.15) is 6.61 Å². The number of allylic oxidation sites excluding steroid dienone is 2. The number of hydrogen-bond acceptors (Lipinski definition) is 3. The van der Waals surface area contributed by atoms with Gasteiger partial charge in [-0.3, -0.25) is 4.79 Å². The molecule has 0 amide bonds. The summed E-state index contributed by atoms with van der Waals surface area (Å²) < 4.78 is 4.89. The molecule has 0 heterocycles. The lowest BCUT2D eigenvalue weighted by atomic mass is 9.93. The lowest BCUT2D eigenvalue weighted by Crippen LogP contribution is -2.16. The largest absolute Gasteiger partial charge is 0.461 e. The summed E-state index contributed by atoms with van der Waals surface area (Å²) in [6, 6.07) is 0. The molecular weight excluding hydrogens is 276 g/mol. The minimum Gasteiger partial charge on any atom is -0.461 e. The predicted octanol–water partition coefficient (Wildman–Crippen LogP) is 3.46. The topological polar surface area (TPSA) is 46.5 Å². The molecule has 1 aliphatic carbocycles. The van der Waals surface area contributed by atoms with E-state index in [1.54, 1.807) is 6.08 Å². The van der Waals surface area contributed by atoms with Crippen LogP contribution in [-0.2, 0) is 9.53 Å².